The maximum Gasteiger partial charge on any atom is 0.306 e. The van der Waals surface area contributed by atoms with Gasteiger partial charge in [0, 0.05) is 5.75 Å². The van der Waals surface area contributed by atoms with Gasteiger partial charge in [-0.25, -0.2) is 0 Å². The average molecular weight is 295 g/mol. The molecule has 0 heterocycles. The van der Waals surface area contributed by atoms with E-state index in [0.29, 0.717) is 17.9 Å². The molecule has 0 atom stereocenters. The molecule has 1 aliphatic carbocycles. The number of anilines is 1. The molecular weight excluding hydrogens is 274 g/mol. The highest BCUT2D eigenvalue weighted by Crippen LogP contribution is 2.51. The molecule has 0 aromatic heterocycles. The van der Waals surface area contributed by atoms with Crippen molar-refractivity contribution in [3.63, 3.8) is 0 Å². The number of methoxy groups -OCH3 is 2. The molecule has 5 heteroatoms. The molecule has 110 valence electrons. The Balaban J connectivity index is 1.81. The minimum atomic E-state index is -0.100. The monoisotopic (exact) mass is 295 g/mol. The summed E-state index contributed by atoms with van der Waals surface area (Å²) in [6.07, 6.45) is 2.79. The summed E-state index contributed by atoms with van der Waals surface area (Å²) in [7, 11) is 3.06. The standard InChI is InChI=1S/C15H21NO3S/c1-18-13-4-3-11(7-12(13)16)9-20-10-15(5-6-15)8-14(17)19-2/h3-4,7H,5-6,8-10,16H2,1-2H3. The molecule has 1 aromatic carbocycles. The highest BCUT2D eigenvalue weighted by molar-refractivity contribution is 7.98. The van der Waals surface area contributed by atoms with Gasteiger partial charge in [-0.3, -0.25) is 4.79 Å². The van der Waals surface area contributed by atoms with Crippen molar-refractivity contribution in [2.75, 3.05) is 25.7 Å². The van der Waals surface area contributed by atoms with Crippen molar-refractivity contribution in [1.29, 1.82) is 0 Å². The molecule has 4 nitrogen and oxygen atoms in total. The quantitative estimate of drug-likeness (QED) is 0.619. The summed E-state index contributed by atoms with van der Waals surface area (Å²) in [5.74, 6) is 2.51. The lowest BCUT2D eigenvalue weighted by Crippen LogP contribution is -2.13. The van der Waals surface area contributed by atoms with Crippen LogP contribution >= 0.6 is 11.8 Å². The van der Waals surface area contributed by atoms with Gasteiger partial charge in [0.15, 0.2) is 0 Å². The molecule has 0 amide bonds. The zero-order valence-corrected chi connectivity index (χ0v) is 12.8. The first kappa shape index (κ1) is 15.0. The van der Waals surface area contributed by atoms with Crippen molar-refractivity contribution in [3.05, 3.63) is 23.8 Å². The van der Waals surface area contributed by atoms with Crippen molar-refractivity contribution in [2.45, 2.75) is 25.0 Å². The molecule has 1 aromatic rings. The number of carbonyl (C=O) groups excluding carboxylic acids is 1. The average Bonchev–Trinajstić information content (AvgIpc) is 3.18. The molecule has 2 rings (SSSR count). The number of esters is 1. The molecule has 0 aliphatic heterocycles. The first-order valence-electron chi connectivity index (χ1n) is 6.65. The van der Waals surface area contributed by atoms with E-state index in [1.165, 1.54) is 12.7 Å². The highest BCUT2D eigenvalue weighted by atomic mass is 32.2. The summed E-state index contributed by atoms with van der Waals surface area (Å²) in [4.78, 5) is 11.4. The minimum absolute atomic E-state index is 0.100. The Hall–Kier alpha value is -1.36. The van der Waals surface area contributed by atoms with Crippen LogP contribution in [0.25, 0.3) is 0 Å². The maximum absolute atomic E-state index is 11.4. The van der Waals surface area contributed by atoms with Crippen LogP contribution in [0.3, 0.4) is 0 Å². The number of hydrogen-bond acceptors (Lipinski definition) is 5. The molecule has 0 radical (unpaired) electrons. The minimum Gasteiger partial charge on any atom is -0.495 e. The van der Waals surface area contributed by atoms with Gasteiger partial charge in [-0.1, -0.05) is 6.07 Å². The van der Waals surface area contributed by atoms with E-state index in [2.05, 4.69) is 0 Å². The summed E-state index contributed by atoms with van der Waals surface area (Å²) in [6.45, 7) is 0. The van der Waals surface area contributed by atoms with Crippen molar-refractivity contribution >= 4 is 23.4 Å². The Morgan fingerprint density at radius 3 is 2.70 bits per heavy atom. The molecule has 2 N–H and O–H groups in total. The fourth-order valence-electron chi connectivity index (χ4n) is 2.19. The van der Waals surface area contributed by atoms with Crippen LogP contribution in [0.2, 0.25) is 0 Å². The zero-order chi connectivity index (χ0) is 14.6. The number of benzene rings is 1. The Morgan fingerprint density at radius 1 is 1.40 bits per heavy atom. The lowest BCUT2D eigenvalue weighted by atomic mass is 10.1. The van der Waals surface area contributed by atoms with Crippen LogP contribution in [0.1, 0.15) is 24.8 Å². The van der Waals surface area contributed by atoms with E-state index in [-0.39, 0.29) is 11.4 Å². The van der Waals surface area contributed by atoms with Gasteiger partial charge in [-0.05, 0) is 41.7 Å². The van der Waals surface area contributed by atoms with Crippen LogP contribution < -0.4 is 10.5 Å². The van der Waals surface area contributed by atoms with E-state index < -0.39 is 0 Å². The number of nitrogens with two attached hydrogens (primary N) is 1. The van der Waals surface area contributed by atoms with Crippen molar-refractivity contribution in [2.24, 2.45) is 5.41 Å². The van der Waals surface area contributed by atoms with Crippen molar-refractivity contribution in [3.8, 4) is 5.75 Å². The predicted octanol–water partition coefficient (Wildman–Crippen LogP) is 2.85. The van der Waals surface area contributed by atoms with E-state index in [1.807, 2.05) is 30.0 Å². The second-order valence-corrected chi connectivity index (χ2v) is 6.31. The Labute approximate surface area is 124 Å². The van der Waals surface area contributed by atoms with E-state index in [4.69, 9.17) is 15.2 Å². The van der Waals surface area contributed by atoms with Gasteiger partial charge in [0.05, 0.1) is 26.3 Å². The molecule has 20 heavy (non-hydrogen) atoms. The molecule has 0 unspecified atom stereocenters. The van der Waals surface area contributed by atoms with Gasteiger partial charge in [0.25, 0.3) is 0 Å². The van der Waals surface area contributed by atoms with Crippen LogP contribution in [0.5, 0.6) is 5.75 Å². The highest BCUT2D eigenvalue weighted by Gasteiger charge is 2.44. The summed E-state index contributed by atoms with van der Waals surface area (Å²) in [5, 5.41) is 0. The lowest BCUT2D eigenvalue weighted by Gasteiger charge is -2.13. The SMILES string of the molecule is COC(=O)CC1(CSCc2ccc(OC)c(N)c2)CC1. The van der Waals surface area contributed by atoms with Gasteiger partial charge in [0.1, 0.15) is 5.75 Å². The predicted molar refractivity (Wildman–Crippen MR) is 81.9 cm³/mol. The summed E-state index contributed by atoms with van der Waals surface area (Å²) in [5.41, 5.74) is 7.92. The molecule has 0 bridgehead atoms. The third-order valence-corrected chi connectivity index (χ3v) is 5.03. The van der Waals surface area contributed by atoms with Crippen molar-refractivity contribution < 1.29 is 14.3 Å². The molecule has 0 saturated heterocycles. The molecule has 1 aliphatic rings. The first-order chi connectivity index (χ1) is 9.58. The maximum atomic E-state index is 11.4. The Morgan fingerprint density at radius 2 is 2.15 bits per heavy atom. The van der Waals surface area contributed by atoms with Crippen LogP contribution in [0.15, 0.2) is 18.2 Å². The Kier molecular flexibility index (Phi) is 4.81. The summed E-state index contributed by atoms with van der Waals surface area (Å²) >= 11 is 1.85. The van der Waals surface area contributed by atoms with Gasteiger partial charge >= 0.3 is 5.97 Å². The van der Waals surface area contributed by atoms with Gasteiger partial charge in [-0.15, -0.1) is 0 Å². The molecule has 1 saturated carbocycles. The third kappa shape index (κ3) is 3.82. The van der Waals surface area contributed by atoms with Crippen LogP contribution in [-0.2, 0) is 15.3 Å². The number of thioether (sulfide) groups is 1. The summed E-state index contributed by atoms with van der Waals surface area (Å²) < 4.78 is 9.89. The van der Waals surface area contributed by atoms with Gasteiger partial charge in [0.2, 0.25) is 0 Å². The fourth-order valence-corrected chi connectivity index (χ4v) is 3.53. The van der Waals surface area contributed by atoms with E-state index in [0.717, 1.165) is 24.3 Å². The molecule has 1 fully saturated rings. The molecular formula is C15H21NO3S. The lowest BCUT2D eigenvalue weighted by molar-refractivity contribution is -0.141. The van der Waals surface area contributed by atoms with E-state index in [1.54, 1.807) is 7.11 Å². The zero-order valence-electron chi connectivity index (χ0n) is 12.0. The van der Waals surface area contributed by atoms with E-state index >= 15 is 0 Å². The molecule has 0 spiro atoms. The first-order valence-corrected chi connectivity index (χ1v) is 7.81. The number of ether oxygens (including phenoxy) is 2. The van der Waals surface area contributed by atoms with Crippen molar-refractivity contribution in [1.82, 2.24) is 0 Å². The number of carbonyl (C=O) groups is 1. The normalized spacial score (nSPS) is 15.7. The summed E-state index contributed by atoms with van der Waals surface area (Å²) in [6, 6.07) is 5.88. The third-order valence-electron chi connectivity index (χ3n) is 3.68. The van der Waals surface area contributed by atoms with Gasteiger partial charge in [-0.2, -0.15) is 11.8 Å². The smallest absolute Gasteiger partial charge is 0.306 e. The second kappa shape index (κ2) is 6.39. The number of nitrogen functional groups attached to an aromatic ring is 1. The van der Waals surface area contributed by atoms with Gasteiger partial charge < -0.3 is 15.2 Å². The second-order valence-electron chi connectivity index (χ2n) is 5.32. The topological polar surface area (TPSA) is 61.5 Å². The number of hydrogen-bond donors (Lipinski definition) is 1. The van der Waals surface area contributed by atoms with E-state index in [9.17, 15) is 4.79 Å². The van der Waals surface area contributed by atoms with Crippen LogP contribution in [0.4, 0.5) is 5.69 Å². The van der Waals surface area contributed by atoms with Crippen LogP contribution in [-0.4, -0.2) is 25.9 Å². The van der Waals surface area contributed by atoms with Crippen LogP contribution in [0, 0.1) is 5.41 Å². The number of rotatable bonds is 7. The fraction of sp³-hybridized carbons (Fsp3) is 0.533. The Bertz CT molecular complexity index is 486. The largest absolute Gasteiger partial charge is 0.495 e.